The molecule has 1 N–H and O–H groups in total. The van der Waals surface area contributed by atoms with Gasteiger partial charge in [-0.1, -0.05) is 18.2 Å². The standard InChI is InChI=1S/C14H11N3O4S/c18-22(19,14-15-10-16-17-14)21-13-8-6-12(7-9-13)20-11-4-2-1-3-5-11/h1-10H,(H,15,16,17). The van der Waals surface area contributed by atoms with Crippen LogP contribution in [0.15, 0.2) is 66.1 Å². The van der Waals surface area contributed by atoms with Crippen molar-refractivity contribution in [1.82, 2.24) is 15.2 Å². The first-order valence-electron chi connectivity index (χ1n) is 6.26. The van der Waals surface area contributed by atoms with Gasteiger partial charge in [0.05, 0.1) is 0 Å². The smallest absolute Gasteiger partial charge is 0.374 e. The van der Waals surface area contributed by atoms with E-state index in [1.165, 1.54) is 12.1 Å². The molecule has 7 nitrogen and oxygen atoms in total. The van der Waals surface area contributed by atoms with E-state index in [2.05, 4.69) is 15.2 Å². The summed E-state index contributed by atoms with van der Waals surface area (Å²) < 4.78 is 34.2. The van der Waals surface area contributed by atoms with Gasteiger partial charge >= 0.3 is 10.1 Å². The summed E-state index contributed by atoms with van der Waals surface area (Å²) in [5, 5.41) is 5.37. The molecule has 0 spiro atoms. The van der Waals surface area contributed by atoms with Crippen LogP contribution in [0.4, 0.5) is 0 Å². The molecule has 0 aliphatic carbocycles. The number of rotatable bonds is 5. The molecule has 0 saturated heterocycles. The molecule has 0 unspecified atom stereocenters. The molecule has 0 fully saturated rings. The lowest BCUT2D eigenvalue weighted by Crippen LogP contribution is -2.11. The molecule has 1 aromatic heterocycles. The molecule has 8 heteroatoms. The lowest BCUT2D eigenvalue weighted by Gasteiger charge is -2.07. The van der Waals surface area contributed by atoms with Gasteiger partial charge in [-0.15, -0.1) is 0 Å². The first-order chi connectivity index (χ1) is 10.6. The maximum atomic E-state index is 11.9. The summed E-state index contributed by atoms with van der Waals surface area (Å²) in [6.07, 6.45) is 1.09. The number of nitrogens with zero attached hydrogens (tertiary/aromatic N) is 2. The molecule has 3 rings (SSSR count). The molecule has 2 aromatic carbocycles. The third-order valence-corrected chi connectivity index (χ3v) is 3.72. The lowest BCUT2D eigenvalue weighted by atomic mass is 10.3. The van der Waals surface area contributed by atoms with E-state index < -0.39 is 10.1 Å². The molecule has 3 aromatic rings. The molecule has 0 aliphatic rings. The number of benzene rings is 2. The quantitative estimate of drug-likeness (QED) is 0.726. The Morgan fingerprint density at radius 2 is 1.50 bits per heavy atom. The highest BCUT2D eigenvalue weighted by molar-refractivity contribution is 7.86. The summed E-state index contributed by atoms with van der Waals surface area (Å²) in [6, 6.07) is 15.4. The Hall–Kier alpha value is -2.87. The molecule has 0 bridgehead atoms. The Balaban J connectivity index is 1.72. The van der Waals surface area contributed by atoms with E-state index in [4.69, 9.17) is 8.92 Å². The monoisotopic (exact) mass is 317 g/mol. The highest BCUT2D eigenvalue weighted by Gasteiger charge is 2.19. The van der Waals surface area contributed by atoms with Gasteiger partial charge < -0.3 is 8.92 Å². The Bertz CT molecular complexity index is 832. The topological polar surface area (TPSA) is 94.2 Å². The van der Waals surface area contributed by atoms with Crippen molar-refractivity contribution in [2.75, 3.05) is 0 Å². The summed E-state index contributed by atoms with van der Waals surface area (Å²) in [5.74, 6) is 1.40. The first kappa shape index (κ1) is 14.1. The molecule has 0 saturated carbocycles. The summed E-state index contributed by atoms with van der Waals surface area (Å²) in [6.45, 7) is 0. The van der Waals surface area contributed by atoms with E-state index in [1.807, 2.05) is 30.3 Å². The van der Waals surface area contributed by atoms with Crippen LogP contribution in [0.2, 0.25) is 0 Å². The third kappa shape index (κ3) is 3.23. The van der Waals surface area contributed by atoms with E-state index in [-0.39, 0.29) is 10.9 Å². The van der Waals surface area contributed by atoms with Crippen LogP contribution in [0.5, 0.6) is 17.2 Å². The minimum absolute atomic E-state index is 0.150. The fourth-order valence-corrected chi connectivity index (χ4v) is 2.45. The largest absolute Gasteiger partial charge is 0.457 e. The van der Waals surface area contributed by atoms with E-state index in [0.717, 1.165) is 6.33 Å². The second kappa shape index (κ2) is 5.86. The van der Waals surface area contributed by atoms with Crippen LogP contribution in [-0.2, 0) is 10.1 Å². The fourth-order valence-electron chi connectivity index (χ4n) is 1.67. The number of para-hydroxylation sites is 1. The molecule has 1 heterocycles. The summed E-state index contributed by atoms with van der Waals surface area (Å²) in [7, 11) is -4.01. The number of aromatic amines is 1. The van der Waals surface area contributed by atoms with Crippen molar-refractivity contribution in [2.45, 2.75) is 5.16 Å². The normalized spacial score (nSPS) is 11.1. The van der Waals surface area contributed by atoms with Crippen molar-refractivity contribution in [2.24, 2.45) is 0 Å². The first-order valence-corrected chi connectivity index (χ1v) is 7.67. The van der Waals surface area contributed by atoms with Gasteiger partial charge in [0.1, 0.15) is 23.6 Å². The van der Waals surface area contributed by atoms with Crippen molar-refractivity contribution in [1.29, 1.82) is 0 Å². The predicted octanol–water partition coefficient (Wildman–Crippen LogP) is 2.36. The molecular weight excluding hydrogens is 306 g/mol. The van der Waals surface area contributed by atoms with E-state index in [0.29, 0.717) is 11.5 Å². The Morgan fingerprint density at radius 3 is 2.14 bits per heavy atom. The average Bonchev–Trinajstić information content (AvgIpc) is 3.05. The van der Waals surface area contributed by atoms with E-state index >= 15 is 0 Å². The SMILES string of the molecule is O=S(=O)(Oc1ccc(Oc2ccccc2)cc1)c1ncn[nH]1. The zero-order chi connectivity index (χ0) is 15.4. The fraction of sp³-hybridized carbons (Fsp3) is 0. The highest BCUT2D eigenvalue weighted by atomic mass is 32.2. The molecule has 112 valence electrons. The van der Waals surface area contributed by atoms with Crippen LogP contribution in [-0.4, -0.2) is 23.6 Å². The Kier molecular flexibility index (Phi) is 3.75. The second-order valence-electron chi connectivity index (χ2n) is 4.21. The van der Waals surface area contributed by atoms with E-state index in [9.17, 15) is 8.42 Å². The van der Waals surface area contributed by atoms with Gasteiger partial charge in [0, 0.05) is 0 Å². The zero-order valence-corrected chi connectivity index (χ0v) is 12.0. The van der Waals surface area contributed by atoms with Gasteiger partial charge in [0.25, 0.3) is 5.16 Å². The average molecular weight is 317 g/mol. The van der Waals surface area contributed by atoms with Crippen molar-refractivity contribution >= 4 is 10.1 Å². The van der Waals surface area contributed by atoms with Crippen molar-refractivity contribution in [3.05, 3.63) is 60.9 Å². The third-order valence-electron chi connectivity index (χ3n) is 2.64. The maximum Gasteiger partial charge on any atom is 0.374 e. The number of aromatic nitrogens is 3. The number of hydrogen-bond acceptors (Lipinski definition) is 6. The molecule has 0 atom stereocenters. The molecular formula is C14H11N3O4S. The van der Waals surface area contributed by atoms with Gasteiger partial charge in [-0.2, -0.15) is 13.5 Å². The number of ether oxygens (including phenoxy) is 1. The number of nitrogens with one attached hydrogen (secondary N) is 1. The van der Waals surface area contributed by atoms with Crippen LogP contribution < -0.4 is 8.92 Å². The summed E-state index contributed by atoms with van der Waals surface area (Å²) in [4.78, 5) is 3.55. The maximum absolute atomic E-state index is 11.9. The Morgan fingerprint density at radius 1 is 0.864 bits per heavy atom. The molecule has 0 radical (unpaired) electrons. The van der Waals surface area contributed by atoms with Crippen LogP contribution in [0.25, 0.3) is 0 Å². The summed E-state index contributed by atoms with van der Waals surface area (Å²) >= 11 is 0. The molecule has 0 amide bonds. The second-order valence-corrected chi connectivity index (χ2v) is 5.68. The van der Waals surface area contributed by atoms with Gasteiger partial charge in [-0.05, 0) is 36.4 Å². The zero-order valence-electron chi connectivity index (χ0n) is 11.2. The van der Waals surface area contributed by atoms with Crippen molar-refractivity contribution in [3.8, 4) is 17.2 Å². The molecule has 22 heavy (non-hydrogen) atoms. The summed E-state index contributed by atoms with van der Waals surface area (Å²) in [5.41, 5.74) is 0. The van der Waals surface area contributed by atoms with Crippen molar-refractivity contribution < 1.29 is 17.3 Å². The number of hydrogen-bond donors (Lipinski definition) is 1. The van der Waals surface area contributed by atoms with Gasteiger partial charge in [-0.3, -0.25) is 0 Å². The van der Waals surface area contributed by atoms with Gasteiger partial charge in [-0.25, -0.2) is 10.1 Å². The van der Waals surface area contributed by atoms with Crippen LogP contribution in [0.1, 0.15) is 0 Å². The number of H-pyrrole nitrogens is 1. The van der Waals surface area contributed by atoms with Gasteiger partial charge in [0.15, 0.2) is 0 Å². The van der Waals surface area contributed by atoms with E-state index in [1.54, 1.807) is 12.1 Å². The lowest BCUT2D eigenvalue weighted by molar-refractivity contribution is 0.470. The highest BCUT2D eigenvalue weighted by Crippen LogP contribution is 2.24. The minimum atomic E-state index is -4.01. The minimum Gasteiger partial charge on any atom is -0.457 e. The predicted molar refractivity (Wildman–Crippen MR) is 77.2 cm³/mol. The van der Waals surface area contributed by atoms with Crippen LogP contribution in [0.3, 0.4) is 0 Å². The Labute approximate surface area is 126 Å². The van der Waals surface area contributed by atoms with Crippen LogP contribution >= 0.6 is 0 Å². The van der Waals surface area contributed by atoms with Gasteiger partial charge in [0.2, 0.25) is 0 Å². The van der Waals surface area contributed by atoms with Crippen molar-refractivity contribution in [3.63, 3.8) is 0 Å². The molecule has 0 aliphatic heterocycles. The van der Waals surface area contributed by atoms with Crippen LogP contribution in [0, 0.1) is 0 Å².